The molecule has 0 aliphatic rings. The van der Waals surface area contributed by atoms with Gasteiger partial charge in [0.2, 0.25) is 23.5 Å². The molecule has 0 fully saturated rings. The van der Waals surface area contributed by atoms with Crippen LogP contribution in [0.4, 0.5) is 20.5 Å². The van der Waals surface area contributed by atoms with Gasteiger partial charge in [0.15, 0.2) is 0 Å². The number of hydrogen-bond acceptors (Lipinski definition) is 5. The fourth-order valence-electron chi connectivity index (χ4n) is 2.34. The van der Waals surface area contributed by atoms with Crippen LogP contribution in [0.15, 0.2) is 48.7 Å². The summed E-state index contributed by atoms with van der Waals surface area (Å²) < 4.78 is 28.2. The number of carbonyl (C=O) groups is 1. The zero-order valence-electron chi connectivity index (χ0n) is 12.6. The van der Waals surface area contributed by atoms with Crippen LogP contribution in [0.25, 0.3) is 5.65 Å². The molecule has 9 heteroatoms. The number of rotatable bonds is 4. The van der Waals surface area contributed by atoms with Crippen molar-refractivity contribution in [3.8, 4) is 0 Å². The molecule has 2 N–H and O–H groups in total. The van der Waals surface area contributed by atoms with Crippen LogP contribution < -0.4 is 5.32 Å². The number of anilines is 2. The number of aromatic amines is 1. The molecule has 1 aromatic carbocycles. The molecule has 0 unspecified atom stereocenters. The second-order valence-corrected chi connectivity index (χ2v) is 5.15. The molecule has 0 aliphatic heterocycles. The molecule has 0 radical (unpaired) electrons. The minimum absolute atomic E-state index is 0.0576. The second-order valence-electron chi connectivity index (χ2n) is 5.15. The summed E-state index contributed by atoms with van der Waals surface area (Å²) in [5.74, 6) is -1.16. The van der Waals surface area contributed by atoms with E-state index in [0.717, 1.165) is 4.40 Å². The normalized spacial score (nSPS) is 11.0. The summed E-state index contributed by atoms with van der Waals surface area (Å²) in [6.07, 6.45) is 1.51. The Balaban J connectivity index is 1.82. The molecule has 4 rings (SSSR count). The van der Waals surface area contributed by atoms with E-state index in [1.807, 2.05) is 0 Å². The predicted octanol–water partition coefficient (Wildman–Crippen LogP) is 2.71. The van der Waals surface area contributed by atoms with Crippen LogP contribution >= 0.6 is 0 Å². The van der Waals surface area contributed by atoms with Gasteiger partial charge in [-0.1, -0.05) is 0 Å². The van der Waals surface area contributed by atoms with Crippen LogP contribution in [0.1, 0.15) is 16.2 Å². The number of aromatic nitrogens is 5. The van der Waals surface area contributed by atoms with Gasteiger partial charge in [0.1, 0.15) is 17.3 Å². The fraction of sp³-hybridized carbons (Fsp3) is 0. The van der Waals surface area contributed by atoms with E-state index in [1.54, 1.807) is 6.07 Å². The Hall–Kier alpha value is -3.62. The van der Waals surface area contributed by atoms with Crippen molar-refractivity contribution in [3.05, 3.63) is 71.8 Å². The summed E-state index contributed by atoms with van der Waals surface area (Å²) in [5, 5.41) is 9.30. The first-order valence-electron chi connectivity index (χ1n) is 7.23. The van der Waals surface area contributed by atoms with Crippen LogP contribution in [-0.4, -0.2) is 30.3 Å². The van der Waals surface area contributed by atoms with Crippen molar-refractivity contribution in [2.24, 2.45) is 0 Å². The average molecular weight is 340 g/mol. The lowest BCUT2D eigenvalue weighted by atomic mass is 10.1. The lowest BCUT2D eigenvalue weighted by molar-refractivity contribution is 0.102. The monoisotopic (exact) mass is 340 g/mol. The maximum absolute atomic E-state index is 14.0. The van der Waals surface area contributed by atoms with Gasteiger partial charge in [0, 0.05) is 11.6 Å². The van der Waals surface area contributed by atoms with Gasteiger partial charge in [-0.25, -0.2) is 13.8 Å². The summed E-state index contributed by atoms with van der Waals surface area (Å²) in [7, 11) is 0. The first-order valence-corrected chi connectivity index (χ1v) is 7.23. The van der Waals surface area contributed by atoms with Gasteiger partial charge in [-0.15, -0.1) is 0 Å². The lowest BCUT2D eigenvalue weighted by Crippen LogP contribution is -2.13. The average Bonchev–Trinajstić information content (AvgIpc) is 3.25. The molecule has 0 bridgehead atoms. The molecule has 3 aromatic heterocycles. The lowest BCUT2D eigenvalue weighted by Gasteiger charge is -2.09. The highest BCUT2D eigenvalue weighted by molar-refractivity contribution is 6.06. The fourth-order valence-corrected chi connectivity index (χ4v) is 2.34. The van der Waals surface area contributed by atoms with Crippen molar-refractivity contribution in [2.75, 3.05) is 5.32 Å². The Kier molecular flexibility index (Phi) is 3.46. The molecule has 25 heavy (non-hydrogen) atoms. The quantitative estimate of drug-likeness (QED) is 0.558. The summed E-state index contributed by atoms with van der Waals surface area (Å²) in [6.45, 7) is 0. The Bertz CT molecular complexity index is 1060. The van der Waals surface area contributed by atoms with Gasteiger partial charge in [0.25, 0.3) is 0 Å². The zero-order valence-corrected chi connectivity index (χ0v) is 12.6. The van der Waals surface area contributed by atoms with Crippen molar-refractivity contribution in [1.29, 1.82) is 0 Å². The number of fused-ring (bicyclic) bond motifs is 1. The van der Waals surface area contributed by atoms with E-state index in [1.165, 1.54) is 42.6 Å². The molecule has 0 amide bonds. The van der Waals surface area contributed by atoms with Gasteiger partial charge in [-0.3, -0.25) is 9.89 Å². The Morgan fingerprint density at radius 1 is 1.04 bits per heavy atom. The number of halogens is 2. The molecule has 0 saturated carbocycles. The summed E-state index contributed by atoms with van der Waals surface area (Å²) in [5.41, 5.74) is 0.435. The predicted molar refractivity (Wildman–Crippen MR) is 84.6 cm³/mol. The van der Waals surface area contributed by atoms with Gasteiger partial charge < -0.3 is 5.32 Å². The summed E-state index contributed by atoms with van der Waals surface area (Å²) >= 11 is 0. The third kappa shape index (κ3) is 2.71. The topological polar surface area (TPSA) is 88.0 Å². The SMILES string of the molecule is O=C(c1ccc(F)cc1)c1nc(Nc2ccn[nH]2)n2c(F)ccc2n1. The van der Waals surface area contributed by atoms with E-state index in [9.17, 15) is 13.6 Å². The maximum atomic E-state index is 14.0. The number of ketones is 1. The Morgan fingerprint density at radius 2 is 1.84 bits per heavy atom. The van der Waals surface area contributed by atoms with Crippen molar-refractivity contribution in [2.45, 2.75) is 0 Å². The Morgan fingerprint density at radius 3 is 2.56 bits per heavy atom. The van der Waals surface area contributed by atoms with Crippen LogP contribution in [-0.2, 0) is 0 Å². The summed E-state index contributed by atoms with van der Waals surface area (Å²) in [6, 6.07) is 9.29. The highest BCUT2D eigenvalue weighted by Crippen LogP contribution is 2.18. The van der Waals surface area contributed by atoms with E-state index in [-0.39, 0.29) is 23.0 Å². The molecule has 7 nitrogen and oxygen atoms in total. The van der Waals surface area contributed by atoms with E-state index in [4.69, 9.17) is 0 Å². The first-order chi connectivity index (χ1) is 12.1. The van der Waals surface area contributed by atoms with Gasteiger partial charge >= 0.3 is 0 Å². The molecule has 0 aliphatic carbocycles. The van der Waals surface area contributed by atoms with Gasteiger partial charge in [0.05, 0.1) is 6.20 Å². The van der Waals surface area contributed by atoms with Crippen molar-refractivity contribution in [1.82, 2.24) is 24.6 Å². The standard InChI is InChI=1S/C16H10F2N6O/c17-10-3-1-9(2-4-10)14(25)15-21-13-6-5-11(18)24(13)16(22-15)20-12-7-8-19-23-12/h1-8H,(H2,19,20,21,22,23). The molecule has 0 atom stereocenters. The van der Waals surface area contributed by atoms with Crippen LogP contribution in [0.2, 0.25) is 0 Å². The van der Waals surface area contributed by atoms with Gasteiger partial charge in [-0.2, -0.15) is 14.5 Å². The first kappa shape index (κ1) is 14.9. The number of carbonyl (C=O) groups excluding carboxylic acids is 1. The molecule has 0 saturated heterocycles. The third-order valence-corrected chi connectivity index (χ3v) is 3.51. The van der Waals surface area contributed by atoms with Crippen LogP contribution in [0.5, 0.6) is 0 Å². The van der Waals surface area contributed by atoms with E-state index in [0.29, 0.717) is 5.82 Å². The minimum atomic E-state index is -0.585. The molecular weight excluding hydrogens is 330 g/mol. The van der Waals surface area contributed by atoms with Crippen molar-refractivity contribution >= 4 is 23.2 Å². The van der Waals surface area contributed by atoms with E-state index in [2.05, 4.69) is 25.5 Å². The van der Waals surface area contributed by atoms with Crippen molar-refractivity contribution in [3.63, 3.8) is 0 Å². The van der Waals surface area contributed by atoms with Crippen molar-refractivity contribution < 1.29 is 13.6 Å². The van der Waals surface area contributed by atoms with Crippen LogP contribution in [0.3, 0.4) is 0 Å². The highest BCUT2D eigenvalue weighted by Gasteiger charge is 2.18. The summed E-state index contributed by atoms with van der Waals surface area (Å²) in [4.78, 5) is 20.8. The van der Waals surface area contributed by atoms with Crippen LogP contribution in [0, 0.1) is 11.8 Å². The number of nitrogens with one attached hydrogen (secondary N) is 2. The molecular formula is C16H10F2N6O. The Labute approximate surface area is 139 Å². The zero-order chi connectivity index (χ0) is 17.4. The van der Waals surface area contributed by atoms with E-state index >= 15 is 0 Å². The smallest absolute Gasteiger partial charge is 0.230 e. The molecule has 0 spiro atoms. The maximum Gasteiger partial charge on any atom is 0.230 e. The highest BCUT2D eigenvalue weighted by atomic mass is 19.1. The van der Waals surface area contributed by atoms with Gasteiger partial charge in [-0.05, 0) is 36.4 Å². The number of benzene rings is 1. The largest absolute Gasteiger partial charge is 0.310 e. The van der Waals surface area contributed by atoms with E-state index < -0.39 is 17.5 Å². The second kappa shape index (κ2) is 5.78. The number of H-pyrrole nitrogens is 1. The number of hydrogen-bond donors (Lipinski definition) is 2. The minimum Gasteiger partial charge on any atom is -0.310 e. The molecule has 3 heterocycles. The third-order valence-electron chi connectivity index (χ3n) is 3.51. The number of nitrogens with zero attached hydrogens (tertiary/aromatic N) is 4. The molecule has 4 aromatic rings. The molecule has 124 valence electrons.